The quantitative estimate of drug-likeness (QED) is 0.432. The summed E-state index contributed by atoms with van der Waals surface area (Å²) in [6, 6.07) is 0. The van der Waals surface area contributed by atoms with Crippen LogP contribution in [-0.4, -0.2) is 54.5 Å². The zero-order valence-corrected chi connectivity index (χ0v) is 24.1. The summed E-state index contributed by atoms with van der Waals surface area (Å²) in [6.07, 6.45) is 3.74. The van der Waals surface area contributed by atoms with Crippen LogP contribution in [0, 0.1) is 16.7 Å². The number of ether oxygens (including phenoxy) is 6. The maximum atomic E-state index is 6.34. The summed E-state index contributed by atoms with van der Waals surface area (Å²) >= 11 is 0. The molecule has 0 amide bonds. The third-order valence-corrected chi connectivity index (χ3v) is 11.5. The molecule has 3 aliphatic heterocycles. The summed E-state index contributed by atoms with van der Waals surface area (Å²) in [5, 5.41) is 0. The van der Waals surface area contributed by atoms with Gasteiger partial charge in [0.15, 0.2) is 0 Å². The van der Waals surface area contributed by atoms with Crippen LogP contribution < -0.4 is 0 Å². The van der Waals surface area contributed by atoms with Gasteiger partial charge < -0.3 is 28.4 Å². The average molecular weight is 485 g/mol. The van der Waals surface area contributed by atoms with E-state index in [9.17, 15) is 0 Å². The van der Waals surface area contributed by atoms with Gasteiger partial charge in [0.1, 0.15) is 20.4 Å². The van der Waals surface area contributed by atoms with Gasteiger partial charge >= 0.3 is 0 Å². The molecule has 0 bridgehead atoms. The van der Waals surface area contributed by atoms with Crippen LogP contribution >= 0.6 is 0 Å². The van der Waals surface area contributed by atoms with Gasteiger partial charge in [0, 0.05) is 16.7 Å². The van der Waals surface area contributed by atoms with Crippen molar-refractivity contribution in [2.75, 3.05) is 20.4 Å². The first-order valence-corrected chi connectivity index (χ1v) is 13.2. The van der Waals surface area contributed by atoms with Gasteiger partial charge in [-0.25, -0.2) is 0 Å². The Balaban J connectivity index is 1.72. The van der Waals surface area contributed by atoms with Crippen molar-refractivity contribution < 1.29 is 28.4 Å². The minimum atomic E-state index is -0.307. The highest BCUT2D eigenvalue weighted by molar-refractivity contribution is 5.06. The van der Waals surface area contributed by atoms with Crippen LogP contribution in [0.3, 0.4) is 0 Å². The highest BCUT2D eigenvalue weighted by Crippen LogP contribution is 2.53. The molecule has 0 aromatic carbocycles. The predicted octanol–water partition coefficient (Wildman–Crippen LogP) is 6.45. The predicted molar refractivity (Wildman–Crippen MR) is 133 cm³/mol. The molecule has 3 rings (SSSR count). The van der Waals surface area contributed by atoms with Crippen LogP contribution in [0.5, 0.6) is 0 Å². The van der Waals surface area contributed by atoms with Crippen LogP contribution in [0.4, 0.5) is 0 Å². The molecule has 34 heavy (non-hydrogen) atoms. The van der Waals surface area contributed by atoms with E-state index in [0.717, 1.165) is 25.7 Å². The van der Waals surface area contributed by atoms with Crippen LogP contribution in [-0.2, 0) is 28.4 Å². The zero-order chi connectivity index (χ0) is 25.8. The topological polar surface area (TPSA) is 55.4 Å². The molecule has 6 unspecified atom stereocenters. The van der Waals surface area contributed by atoms with Crippen molar-refractivity contribution in [3.63, 3.8) is 0 Å². The van der Waals surface area contributed by atoms with Crippen molar-refractivity contribution >= 4 is 0 Å². The number of hydrogen-bond donors (Lipinski definition) is 0. The number of hydrogen-bond acceptors (Lipinski definition) is 6. The lowest BCUT2D eigenvalue weighted by atomic mass is 9.61. The maximum absolute atomic E-state index is 6.34. The van der Waals surface area contributed by atoms with Gasteiger partial charge in [0.05, 0.1) is 34.1 Å². The van der Waals surface area contributed by atoms with Gasteiger partial charge in [-0.2, -0.15) is 0 Å². The van der Waals surface area contributed by atoms with E-state index in [-0.39, 0.29) is 50.9 Å². The van der Waals surface area contributed by atoms with Crippen LogP contribution in [0.1, 0.15) is 109 Å². The molecule has 6 atom stereocenters. The molecular formula is C28H52O6. The second-order valence-electron chi connectivity index (χ2n) is 13.5. The molecule has 0 radical (unpaired) electrons. The highest BCUT2D eigenvalue weighted by atomic mass is 16.7. The van der Waals surface area contributed by atoms with Crippen molar-refractivity contribution in [2.24, 2.45) is 16.7 Å². The second-order valence-corrected chi connectivity index (χ2v) is 13.5. The first kappa shape index (κ1) is 28.3. The maximum Gasteiger partial charge on any atom is 0.148 e. The van der Waals surface area contributed by atoms with E-state index < -0.39 is 0 Å². The van der Waals surface area contributed by atoms with Crippen LogP contribution in [0.2, 0.25) is 0 Å². The second kappa shape index (κ2) is 8.95. The van der Waals surface area contributed by atoms with Gasteiger partial charge in [0.25, 0.3) is 0 Å². The summed E-state index contributed by atoms with van der Waals surface area (Å²) in [5.41, 5.74) is -1.69. The lowest BCUT2D eigenvalue weighted by molar-refractivity contribution is -0.327. The summed E-state index contributed by atoms with van der Waals surface area (Å²) in [6.45, 7) is 27.7. The van der Waals surface area contributed by atoms with Gasteiger partial charge in [-0.15, -0.1) is 0 Å². The van der Waals surface area contributed by atoms with Gasteiger partial charge in [-0.3, -0.25) is 0 Å². The molecule has 0 spiro atoms. The summed E-state index contributed by atoms with van der Waals surface area (Å²) in [4.78, 5) is 0. The summed E-state index contributed by atoms with van der Waals surface area (Å²) < 4.78 is 36.9. The molecule has 3 heterocycles. The fourth-order valence-electron chi connectivity index (χ4n) is 5.92. The van der Waals surface area contributed by atoms with Crippen LogP contribution in [0.15, 0.2) is 0 Å². The Morgan fingerprint density at radius 3 is 1.59 bits per heavy atom. The lowest BCUT2D eigenvalue weighted by Crippen LogP contribution is -2.62. The fourth-order valence-corrected chi connectivity index (χ4v) is 5.92. The van der Waals surface area contributed by atoms with E-state index in [1.165, 1.54) is 0 Å². The Hall–Kier alpha value is -0.240. The molecule has 3 fully saturated rings. The summed E-state index contributed by atoms with van der Waals surface area (Å²) in [7, 11) is 0. The van der Waals surface area contributed by atoms with Crippen molar-refractivity contribution in [3.8, 4) is 0 Å². The molecule has 3 aliphatic rings. The van der Waals surface area contributed by atoms with E-state index >= 15 is 0 Å². The Bertz CT molecular complexity index is 734. The molecule has 0 aromatic heterocycles. The molecule has 3 saturated heterocycles. The SMILES string of the molecule is CC1C(C)(CCC2(C)OCOC(C)C2(C)C)OCOC1(C)CCC1(C)OCOC(C)(C)C1(C)C. The Kier molecular flexibility index (Phi) is 7.46. The van der Waals surface area contributed by atoms with Gasteiger partial charge in [-0.1, -0.05) is 34.6 Å². The van der Waals surface area contributed by atoms with Crippen molar-refractivity contribution in [2.45, 2.75) is 143 Å². The third kappa shape index (κ3) is 4.50. The van der Waals surface area contributed by atoms with Crippen molar-refractivity contribution in [1.29, 1.82) is 0 Å². The Morgan fingerprint density at radius 1 is 0.559 bits per heavy atom. The third-order valence-electron chi connectivity index (χ3n) is 11.5. The average Bonchev–Trinajstić information content (AvgIpc) is 2.73. The largest absolute Gasteiger partial charge is 0.352 e. The first-order valence-electron chi connectivity index (χ1n) is 13.2. The molecule has 200 valence electrons. The Morgan fingerprint density at radius 2 is 1.03 bits per heavy atom. The minimum Gasteiger partial charge on any atom is -0.352 e. The Labute approximate surface area is 208 Å². The van der Waals surface area contributed by atoms with E-state index in [0.29, 0.717) is 20.4 Å². The van der Waals surface area contributed by atoms with E-state index in [1.807, 2.05) is 0 Å². The molecule has 6 heteroatoms. The zero-order valence-electron chi connectivity index (χ0n) is 24.1. The molecule has 0 aromatic rings. The molecular weight excluding hydrogens is 432 g/mol. The van der Waals surface area contributed by atoms with Gasteiger partial charge in [0.2, 0.25) is 0 Å². The van der Waals surface area contributed by atoms with E-state index in [1.54, 1.807) is 0 Å². The van der Waals surface area contributed by atoms with E-state index in [4.69, 9.17) is 28.4 Å². The standard InChI is InChI=1S/C28H52O6/c1-20-25(9,13-15-27(11)22(3,4)21(2)29-17-33-27)31-19-32-26(20,10)14-16-28(12)23(5,6)24(7,8)30-18-34-28/h20-21H,13-19H2,1-12H3. The van der Waals surface area contributed by atoms with Crippen molar-refractivity contribution in [1.82, 2.24) is 0 Å². The van der Waals surface area contributed by atoms with E-state index in [2.05, 4.69) is 83.1 Å². The monoisotopic (exact) mass is 484 g/mol. The van der Waals surface area contributed by atoms with Crippen molar-refractivity contribution in [3.05, 3.63) is 0 Å². The molecule has 6 nitrogen and oxygen atoms in total. The molecule has 0 aliphatic carbocycles. The molecule has 0 saturated carbocycles. The fraction of sp³-hybridized carbons (Fsp3) is 1.00. The smallest absolute Gasteiger partial charge is 0.148 e. The van der Waals surface area contributed by atoms with Gasteiger partial charge in [-0.05, 0) is 74.1 Å². The molecule has 0 N–H and O–H groups in total. The highest BCUT2D eigenvalue weighted by Gasteiger charge is 2.57. The first-order chi connectivity index (χ1) is 15.4. The lowest BCUT2D eigenvalue weighted by Gasteiger charge is -2.58. The number of rotatable bonds is 6. The van der Waals surface area contributed by atoms with Crippen LogP contribution in [0.25, 0.3) is 0 Å². The normalized spacial score (nSPS) is 46.2. The minimum absolute atomic E-state index is 0.0906. The summed E-state index contributed by atoms with van der Waals surface area (Å²) in [5.74, 6) is 0.206.